The maximum absolute atomic E-state index is 12.2. The van der Waals surface area contributed by atoms with Crippen molar-refractivity contribution in [2.24, 2.45) is 0 Å². The maximum Gasteiger partial charge on any atom is 0.259 e. The van der Waals surface area contributed by atoms with Gasteiger partial charge in [0.25, 0.3) is 5.91 Å². The Balaban J connectivity index is 2.23. The van der Waals surface area contributed by atoms with Crippen LogP contribution in [0.4, 0.5) is 11.5 Å². The molecule has 1 amide bonds. The fraction of sp³-hybridized carbons (Fsp3) is 0.0769. The zero-order valence-corrected chi connectivity index (χ0v) is 11.4. The second kappa shape index (κ2) is 5.18. The van der Waals surface area contributed by atoms with E-state index in [0.717, 1.165) is 4.47 Å². The molecule has 1 aromatic carbocycles. The summed E-state index contributed by atoms with van der Waals surface area (Å²) in [7, 11) is 1.68. The number of nitrogens with two attached hydrogens (primary N) is 1. The van der Waals surface area contributed by atoms with Crippen LogP contribution in [-0.2, 0) is 0 Å². The topological polar surface area (TPSA) is 59.2 Å². The predicted molar refractivity (Wildman–Crippen MR) is 75.5 cm³/mol. The Bertz CT molecular complexity index is 551. The van der Waals surface area contributed by atoms with Crippen molar-refractivity contribution < 1.29 is 4.79 Å². The Morgan fingerprint density at radius 2 is 1.89 bits per heavy atom. The van der Waals surface area contributed by atoms with Gasteiger partial charge in [-0.05, 0) is 36.4 Å². The minimum absolute atomic E-state index is 0.111. The molecule has 0 fully saturated rings. The molecule has 0 unspecified atom stereocenters. The lowest BCUT2D eigenvalue weighted by Gasteiger charge is -2.16. The zero-order valence-electron chi connectivity index (χ0n) is 9.80. The molecule has 2 N–H and O–H groups in total. The van der Waals surface area contributed by atoms with Crippen LogP contribution in [0.15, 0.2) is 47.1 Å². The number of nitrogen functional groups attached to an aromatic ring is 1. The molecule has 0 aliphatic carbocycles. The molecular formula is C13H12BrN3O. The summed E-state index contributed by atoms with van der Waals surface area (Å²) in [4.78, 5) is 17.8. The van der Waals surface area contributed by atoms with Crippen molar-refractivity contribution in [2.45, 2.75) is 0 Å². The van der Waals surface area contributed by atoms with Crippen LogP contribution in [0.2, 0.25) is 0 Å². The monoisotopic (exact) mass is 305 g/mol. The third kappa shape index (κ3) is 2.68. The van der Waals surface area contributed by atoms with E-state index in [9.17, 15) is 4.79 Å². The molecule has 92 valence electrons. The number of amides is 1. The summed E-state index contributed by atoms with van der Waals surface area (Å²) in [5.74, 6) is 0.455. The fourth-order valence-corrected chi connectivity index (χ4v) is 1.75. The van der Waals surface area contributed by atoms with Gasteiger partial charge in [-0.15, -0.1) is 0 Å². The third-order valence-corrected chi connectivity index (χ3v) is 3.04. The first-order valence-corrected chi connectivity index (χ1v) is 6.12. The number of halogens is 1. The average molecular weight is 306 g/mol. The third-order valence-electron chi connectivity index (χ3n) is 2.51. The lowest BCUT2D eigenvalue weighted by atomic mass is 10.2. The first-order chi connectivity index (χ1) is 8.58. The van der Waals surface area contributed by atoms with Crippen molar-refractivity contribution in [3.05, 3.63) is 52.6 Å². The lowest BCUT2D eigenvalue weighted by Crippen LogP contribution is -2.26. The smallest absolute Gasteiger partial charge is 0.259 e. The highest BCUT2D eigenvalue weighted by Crippen LogP contribution is 2.16. The summed E-state index contributed by atoms with van der Waals surface area (Å²) >= 11 is 3.33. The molecular weight excluding hydrogens is 294 g/mol. The Labute approximate surface area is 114 Å². The number of benzene rings is 1. The Kier molecular flexibility index (Phi) is 3.62. The van der Waals surface area contributed by atoms with Crippen LogP contribution in [0.1, 0.15) is 10.4 Å². The van der Waals surface area contributed by atoms with Crippen molar-refractivity contribution in [3.63, 3.8) is 0 Å². The second-order valence-electron chi connectivity index (χ2n) is 3.82. The number of pyridine rings is 1. The minimum Gasteiger partial charge on any atom is -0.397 e. The van der Waals surface area contributed by atoms with Gasteiger partial charge >= 0.3 is 0 Å². The molecule has 0 atom stereocenters. The van der Waals surface area contributed by atoms with Gasteiger partial charge in [-0.1, -0.05) is 15.9 Å². The van der Waals surface area contributed by atoms with E-state index < -0.39 is 0 Å². The first-order valence-electron chi connectivity index (χ1n) is 5.33. The number of carbonyl (C=O) groups is 1. The summed E-state index contributed by atoms with van der Waals surface area (Å²) < 4.78 is 0.937. The van der Waals surface area contributed by atoms with Crippen molar-refractivity contribution in [1.29, 1.82) is 0 Å². The van der Waals surface area contributed by atoms with Gasteiger partial charge in [0, 0.05) is 17.1 Å². The average Bonchev–Trinajstić information content (AvgIpc) is 2.39. The Hall–Kier alpha value is -1.88. The molecule has 4 nitrogen and oxygen atoms in total. The van der Waals surface area contributed by atoms with Crippen molar-refractivity contribution in [3.8, 4) is 0 Å². The molecule has 0 saturated carbocycles. The number of hydrogen-bond donors (Lipinski definition) is 1. The van der Waals surface area contributed by atoms with Crippen LogP contribution < -0.4 is 10.6 Å². The van der Waals surface area contributed by atoms with Crippen LogP contribution in [-0.4, -0.2) is 17.9 Å². The number of carbonyl (C=O) groups excluding carboxylic acids is 1. The largest absolute Gasteiger partial charge is 0.397 e. The second-order valence-corrected chi connectivity index (χ2v) is 4.74. The first kappa shape index (κ1) is 12.6. The van der Waals surface area contributed by atoms with Gasteiger partial charge in [0.2, 0.25) is 0 Å². The normalized spacial score (nSPS) is 10.1. The van der Waals surface area contributed by atoms with E-state index in [4.69, 9.17) is 5.73 Å². The van der Waals surface area contributed by atoms with Gasteiger partial charge in [0.1, 0.15) is 5.82 Å². The molecule has 0 aliphatic rings. The molecule has 18 heavy (non-hydrogen) atoms. The zero-order chi connectivity index (χ0) is 13.1. The van der Waals surface area contributed by atoms with Gasteiger partial charge in [-0.25, -0.2) is 4.98 Å². The molecule has 1 heterocycles. The van der Waals surface area contributed by atoms with E-state index >= 15 is 0 Å². The van der Waals surface area contributed by atoms with Crippen LogP contribution in [0.3, 0.4) is 0 Å². The SMILES string of the molecule is CN(C(=O)c1ccc(Br)cc1)c1ccc(N)cn1. The van der Waals surface area contributed by atoms with Crippen LogP contribution >= 0.6 is 15.9 Å². The van der Waals surface area contributed by atoms with Crippen molar-refractivity contribution in [2.75, 3.05) is 17.7 Å². The van der Waals surface area contributed by atoms with Crippen LogP contribution in [0, 0.1) is 0 Å². The molecule has 2 rings (SSSR count). The molecule has 1 aromatic heterocycles. The van der Waals surface area contributed by atoms with Gasteiger partial charge in [0.15, 0.2) is 0 Å². The quantitative estimate of drug-likeness (QED) is 0.928. The molecule has 2 aromatic rings. The van der Waals surface area contributed by atoms with Crippen LogP contribution in [0.25, 0.3) is 0 Å². The summed E-state index contributed by atoms with van der Waals surface area (Å²) in [6.45, 7) is 0. The fourth-order valence-electron chi connectivity index (χ4n) is 1.49. The number of rotatable bonds is 2. The molecule has 0 radical (unpaired) electrons. The highest BCUT2D eigenvalue weighted by Gasteiger charge is 2.13. The number of nitrogens with zero attached hydrogens (tertiary/aromatic N) is 2. The lowest BCUT2D eigenvalue weighted by molar-refractivity contribution is 0.0992. The standard InChI is InChI=1S/C13H12BrN3O/c1-17(12-7-6-11(15)8-16-12)13(18)9-2-4-10(14)5-3-9/h2-8H,15H2,1H3. The van der Waals surface area contributed by atoms with Gasteiger partial charge in [0.05, 0.1) is 11.9 Å². The molecule has 0 saturated heterocycles. The van der Waals surface area contributed by atoms with Crippen molar-refractivity contribution in [1.82, 2.24) is 4.98 Å². The van der Waals surface area contributed by atoms with E-state index in [1.165, 1.54) is 11.1 Å². The minimum atomic E-state index is -0.111. The molecule has 5 heteroatoms. The number of anilines is 2. The van der Waals surface area contributed by atoms with Gasteiger partial charge in [-0.3, -0.25) is 9.69 Å². The number of aromatic nitrogens is 1. The number of hydrogen-bond acceptors (Lipinski definition) is 3. The Morgan fingerprint density at radius 1 is 1.22 bits per heavy atom. The van der Waals surface area contributed by atoms with E-state index in [2.05, 4.69) is 20.9 Å². The summed E-state index contributed by atoms with van der Waals surface area (Å²) in [5, 5.41) is 0. The van der Waals surface area contributed by atoms with Gasteiger partial charge < -0.3 is 5.73 Å². The molecule has 0 aliphatic heterocycles. The summed E-state index contributed by atoms with van der Waals surface area (Å²) in [6.07, 6.45) is 1.53. The van der Waals surface area contributed by atoms with Gasteiger partial charge in [-0.2, -0.15) is 0 Å². The summed E-state index contributed by atoms with van der Waals surface area (Å²) in [5.41, 5.74) is 6.74. The van der Waals surface area contributed by atoms with Crippen molar-refractivity contribution >= 4 is 33.3 Å². The molecule has 0 spiro atoms. The van der Waals surface area contributed by atoms with E-state index in [0.29, 0.717) is 17.1 Å². The maximum atomic E-state index is 12.2. The molecule has 0 bridgehead atoms. The van der Waals surface area contributed by atoms with Crippen LogP contribution in [0.5, 0.6) is 0 Å². The van der Waals surface area contributed by atoms with E-state index in [1.807, 2.05) is 12.1 Å². The van der Waals surface area contributed by atoms with E-state index in [1.54, 1.807) is 31.3 Å². The Morgan fingerprint density at radius 3 is 2.44 bits per heavy atom. The highest BCUT2D eigenvalue weighted by atomic mass is 79.9. The summed E-state index contributed by atoms with van der Waals surface area (Å²) in [6, 6.07) is 10.6. The predicted octanol–water partition coefficient (Wildman–Crippen LogP) is 2.70. The highest BCUT2D eigenvalue weighted by molar-refractivity contribution is 9.10. The van der Waals surface area contributed by atoms with E-state index in [-0.39, 0.29) is 5.91 Å².